The fraction of sp³-hybridized carbons (Fsp3) is 0.125. The highest BCUT2D eigenvalue weighted by atomic mass is 79.9. The summed E-state index contributed by atoms with van der Waals surface area (Å²) in [5, 5.41) is 11.5. The molecule has 0 aliphatic carbocycles. The van der Waals surface area contributed by atoms with Gasteiger partial charge in [0.2, 0.25) is 5.91 Å². The Morgan fingerprint density at radius 1 is 1.29 bits per heavy atom. The lowest BCUT2D eigenvalue weighted by Gasteiger charge is -2.08. The monoisotopic (exact) mass is 426 g/mol. The molecule has 0 aliphatic heterocycles. The van der Waals surface area contributed by atoms with Gasteiger partial charge in [0.25, 0.3) is 0 Å². The van der Waals surface area contributed by atoms with Crippen LogP contribution in [-0.2, 0) is 4.79 Å². The number of rotatable bonds is 7. The molecule has 0 bridgehead atoms. The highest BCUT2D eigenvalue weighted by Gasteiger charge is 2.01. The first-order valence-electron chi connectivity index (χ1n) is 6.97. The number of benzene rings is 1. The average molecular weight is 427 g/mol. The van der Waals surface area contributed by atoms with Gasteiger partial charge in [0.15, 0.2) is 0 Å². The van der Waals surface area contributed by atoms with E-state index in [9.17, 15) is 4.79 Å². The third-order valence-corrected chi connectivity index (χ3v) is 4.80. The number of thiocarbonyl (C=S) groups is 1. The van der Waals surface area contributed by atoms with Crippen LogP contribution in [0.1, 0.15) is 10.4 Å². The Kier molecular flexibility index (Phi) is 7.38. The van der Waals surface area contributed by atoms with Gasteiger partial charge in [-0.05, 0) is 58.4 Å². The van der Waals surface area contributed by atoms with Crippen molar-refractivity contribution in [3.63, 3.8) is 0 Å². The Bertz CT molecular complexity index is 729. The Labute approximate surface area is 157 Å². The highest BCUT2D eigenvalue weighted by Crippen LogP contribution is 2.22. The largest absolute Gasteiger partial charge is 0.492 e. The predicted octanol–water partition coefficient (Wildman–Crippen LogP) is 3.37. The number of nitrogens with one attached hydrogen (secondary N) is 2. The topological polar surface area (TPSA) is 70.6 Å². The summed E-state index contributed by atoms with van der Waals surface area (Å²) in [5.74, 6) is 0.491. The maximum Gasteiger partial charge on any atom is 0.244 e. The van der Waals surface area contributed by atoms with Crippen LogP contribution in [0.2, 0.25) is 0 Å². The number of amides is 1. The second kappa shape index (κ2) is 9.53. The molecule has 0 atom stereocenters. The van der Waals surface area contributed by atoms with Gasteiger partial charge in [-0.25, -0.2) is 0 Å². The van der Waals surface area contributed by atoms with Crippen molar-refractivity contribution in [3.8, 4) is 5.75 Å². The summed E-state index contributed by atoms with van der Waals surface area (Å²) in [7, 11) is 0. The molecular formula is C16H15BrN2O3S2. The first-order valence-corrected chi connectivity index (χ1v) is 8.99. The van der Waals surface area contributed by atoms with E-state index in [1.807, 2.05) is 17.6 Å². The van der Waals surface area contributed by atoms with Crippen molar-refractivity contribution in [3.05, 3.63) is 56.7 Å². The normalized spacial score (nSPS) is 10.6. The maximum absolute atomic E-state index is 11.7. The van der Waals surface area contributed by atoms with E-state index in [-0.39, 0.29) is 10.9 Å². The number of thiophene rings is 1. The Hall–Kier alpha value is -1.74. The molecule has 0 radical (unpaired) electrons. The molecule has 1 amide bonds. The second-order valence-corrected chi connectivity index (χ2v) is 7.48. The average Bonchev–Trinajstić information content (AvgIpc) is 3.02. The van der Waals surface area contributed by atoms with Crippen molar-refractivity contribution in [1.82, 2.24) is 10.8 Å². The zero-order chi connectivity index (χ0) is 17.4. The van der Waals surface area contributed by atoms with Crippen molar-refractivity contribution in [2.45, 2.75) is 0 Å². The van der Waals surface area contributed by atoms with E-state index in [1.165, 1.54) is 6.08 Å². The lowest BCUT2D eigenvalue weighted by molar-refractivity contribution is -0.116. The number of hydrogen-bond acceptors (Lipinski definition) is 5. The fourth-order valence-corrected chi connectivity index (χ4v) is 3.21. The Balaban J connectivity index is 1.69. The maximum atomic E-state index is 11.7. The number of halogens is 1. The van der Waals surface area contributed by atoms with Crippen molar-refractivity contribution in [1.29, 1.82) is 0 Å². The summed E-state index contributed by atoms with van der Waals surface area (Å²) in [6, 6.07) is 10.8. The molecular weight excluding hydrogens is 412 g/mol. The van der Waals surface area contributed by atoms with E-state index < -0.39 is 0 Å². The lowest BCUT2D eigenvalue weighted by atomic mass is 10.2. The van der Waals surface area contributed by atoms with Gasteiger partial charge in [0.05, 0.1) is 10.3 Å². The summed E-state index contributed by atoms with van der Waals surface area (Å²) in [6.07, 6.45) is 3.26. The van der Waals surface area contributed by atoms with Crippen LogP contribution in [-0.4, -0.2) is 29.3 Å². The molecule has 0 fully saturated rings. The molecule has 24 heavy (non-hydrogen) atoms. The van der Waals surface area contributed by atoms with Gasteiger partial charge < -0.3 is 10.1 Å². The number of ether oxygens (including phenoxy) is 1. The number of carbonyl (C=O) groups is 1. The molecule has 2 aromatic rings. The van der Waals surface area contributed by atoms with E-state index in [4.69, 9.17) is 22.2 Å². The zero-order valence-electron chi connectivity index (χ0n) is 12.5. The Morgan fingerprint density at radius 3 is 2.67 bits per heavy atom. The molecule has 0 unspecified atom stereocenters. The lowest BCUT2D eigenvalue weighted by Crippen LogP contribution is -2.26. The van der Waals surface area contributed by atoms with Crippen LogP contribution in [0.5, 0.6) is 5.75 Å². The molecule has 0 aliphatic rings. The van der Waals surface area contributed by atoms with Gasteiger partial charge in [-0.1, -0.05) is 12.2 Å². The van der Waals surface area contributed by atoms with Gasteiger partial charge in [-0.15, -0.1) is 11.3 Å². The summed E-state index contributed by atoms with van der Waals surface area (Å²) >= 11 is 9.83. The minimum Gasteiger partial charge on any atom is -0.492 e. The van der Waals surface area contributed by atoms with Crippen molar-refractivity contribution in [2.75, 3.05) is 13.2 Å². The van der Waals surface area contributed by atoms with Crippen LogP contribution in [0.4, 0.5) is 0 Å². The van der Waals surface area contributed by atoms with Crippen LogP contribution < -0.4 is 15.5 Å². The number of hydrogen-bond donors (Lipinski definition) is 3. The minimum absolute atomic E-state index is 0.169. The number of hydroxylamine groups is 1. The highest BCUT2D eigenvalue weighted by molar-refractivity contribution is 9.11. The molecule has 0 spiro atoms. The standard InChI is InChI=1S/C16H15BrN2O3S2/c17-14-7-5-13(24-14)6-8-15(20)18-9-10-22-12-3-1-11(2-4-12)16(23)19-21/h1-8,21H,9-10H2,(H,18,20)(H,19,23). The van der Waals surface area contributed by atoms with Crippen LogP contribution in [0, 0.1) is 0 Å². The molecule has 1 aromatic heterocycles. The van der Waals surface area contributed by atoms with Crippen LogP contribution >= 0.6 is 39.5 Å². The number of carbonyl (C=O) groups excluding carboxylic acids is 1. The molecule has 0 saturated carbocycles. The van der Waals surface area contributed by atoms with Gasteiger partial charge in [0.1, 0.15) is 17.3 Å². The van der Waals surface area contributed by atoms with E-state index in [0.717, 1.165) is 8.66 Å². The van der Waals surface area contributed by atoms with Gasteiger partial charge in [-0.3, -0.25) is 15.5 Å². The van der Waals surface area contributed by atoms with Gasteiger partial charge in [-0.2, -0.15) is 0 Å². The molecule has 5 nitrogen and oxygen atoms in total. The third kappa shape index (κ3) is 6.04. The minimum atomic E-state index is -0.169. The second-order valence-electron chi connectivity index (χ2n) is 4.58. The third-order valence-electron chi connectivity index (χ3n) is 2.88. The quantitative estimate of drug-likeness (QED) is 0.274. The molecule has 1 heterocycles. The summed E-state index contributed by atoms with van der Waals surface area (Å²) in [4.78, 5) is 12.9. The van der Waals surface area contributed by atoms with E-state index in [1.54, 1.807) is 41.7 Å². The molecule has 1 aromatic carbocycles. The molecule has 2 rings (SSSR count). The van der Waals surface area contributed by atoms with Gasteiger partial charge >= 0.3 is 0 Å². The van der Waals surface area contributed by atoms with Gasteiger partial charge in [0, 0.05) is 16.5 Å². The van der Waals surface area contributed by atoms with Crippen molar-refractivity contribution in [2.24, 2.45) is 0 Å². The van der Waals surface area contributed by atoms with Crippen LogP contribution in [0.15, 0.2) is 46.3 Å². The summed E-state index contributed by atoms with van der Waals surface area (Å²) in [6.45, 7) is 0.752. The SMILES string of the molecule is O=C(C=Cc1ccc(Br)s1)NCCOc1ccc(C(=S)NO)cc1. The smallest absolute Gasteiger partial charge is 0.244 e. The molecule has 0 saturated heterocycles. The van der Waals surface area contributed by atoms with E-state index in [2.05, 4.69) is 21.2 Å². The molecule has 3 N–H and O–H groups in total. The summed E-state index contributed by atoms with van der Waals surface area (Å²) < 4.78 is 6.55. The first-order chi connectivity index (χ1) is 11.6. The summed E-state index contributed by atoms with van der Waals surface area (Å²) in [5.41, 5.74) is 2.62. The van der Waals surface area contributed by atoms with Crippen molar-refractivity contribution < 1.29 is 14.7 Å². The van der Waals surface area contributed by atoms with E-state index >= 15 is 0 Å². The van der Waals surface area contributed by atoms with Crippen molar-refractivity contribution >= 4 is 56.5 Å². The van der Waals surface area contributed by atoms with E-state index in [0.29, 0.717) is 24.5 Å². The molecule has 8 heteroatoms. The van der Waals surface area contributed by atoms with Crippen LogP contribution in [0.3, 0.4) is 0 Å². The Morgan fingerprint density at radius 2 is 2.04 bits per heavy atom. The van der Waals surface area contributed by atoms with Crippen LogP contribution in [0.25, 0.3) is 6.08 Å². The zero-order valence-corrected chi connectivity index (χ0v) is 15.7. The first kappa shape index (κ1) is 18.6. The predicted molar refractivity (Wildman–Crippen MR) is 103 cm³/mol. The molecule has 126 valence electrons. The fourth-order valence-electron chi connectivity index (χ4n) is 1.74.